The molecular weight excluding hydrogens is 330 g/mol. The fraction of sp³-hybridized carbons (Fsp3) is 0.300. The third-order valence-corrected chi connectivity index (χ3v) is 4.36. The van der Waals surface area contributed by atoms with Gasteiger partial charge in [-0.2, -0.15) is 0 Å². The number of nitrogens with one attached hydrogen (secondary N) is 2. The Kier molecular flexibility index (Phi) is 5.73. The minimum Gasteiger partial charge on any atom is -0.465 e. The van der Waals surface area contributed by atoms with E-state index < -0.39 is 5.97 Å². The first-order chi connectivity index (χ1) is 12.7. The molecule has 136 valence electrons. The molecule has 0 saturated carbocycles. The standard InChI is InChI=1S/C20H23N3O3/c1-26-20(25)15-5-4-6-17(13-15)21-14-19(24)22-16-7-9-18(10-8-16)23-11-2-3-12-23/h4-10,13,21H,2-3,11-12,14H2,1H3,(H,22,24). The van der Waals surface area contributed by atoms with Crippen LogP contribution in [0.1, 0.15) is 23.2 Å². The summed E-state index contributed by atoms with van der Waals surface area (Å²) in [6.45, 7) is 2.30. The molecule has 2 N–H and O–H groups in total. The molecule has 0 radical (unpaired) electrons. The Morgan fingerprint density at radius 3 is 2.46 bits per heavy atom. The molecule has 2 aromatic carbocycles. The second-order valence-electron chi connectivity index (χ2n) is 6.22. The number of carbonyl (C=O) groups is 2. The number of carbonyl (C=O) groups excluding carboxylic acids is 2. The van der Waals surface area contributed by atoms with Crippen LogP contribution in [0.3, 0.4) is 0 Å². The number of esters is 1. The number of benzene rings is 2. The third-order valence-electron chi connectivity index (χ3n) is 4.36. The normalized spacial score (nSPS) is 13.3. The zero-order chi connectivity index (χ0) is 18.4. The van der Waals surface area contributed by atoms with E-state index >= 15 is 0 Å². The molecule has 3 rings (SSSR count). The highest BCUT2D eigenvalue weighted by atomic mass is 16.5. The lowest BCUT2D eigenvalue weighted by atomic mass is 10.2. The predicted octanol–water partition coefficient (Wildman–Crippen LogP) is 3.12. The summed E-state index contributed by atoms with van der Waals surface area (Å²) in [5, 5.41) is 5.88. The summed E-state index contributed by atoms with van der Waals surface area (Å²) < 4.78 is 4.69. The van der Waals surface area contributed by atoms with Crippen molar-refractivity contribution in [2.24, 2.45) is 0 Å². The van der Waals surface area contributed by atoms with E-state index in [1.807, 2.05) is 24.3 Å². The Labute approximate surface area is 153 Å². The van der Waals surface area contributed by atoms with Crippen LogP contribution in [0.4, 0.5) is 17.1 Å². The number of hydrogen-bond acceptors (Lipinski definition) is 5. The first-order valence-electron chi connectivity index (χ1n) is 8.73. The Morgan fingerprint density at radius 2 is 1.77 bits per heavy atom. The summed E-state index contributed by atoms with van der Waals surface area (Å²) in [6, 6.07) is 14.8. The van der Waals surface area contributed by atoms with E-state index in [1.54, 1.807) is 24.3 Å². The molecule has 0 bridgehead atoms. The average Bonchev–Trinajstić information content (AvgIpc) is 3.21. The van der Waals surface area contributed by atoms with E-state index in [2.05, 4.69) is 15.5 Å². The van der Waals surface area contributed by atoms with E-state index in [1.165, 1.54) is 25.6 Å². The van der Waals surface area contributed by atoms with Crippen LogP contribution in [0.25, 0.3) is 0 Å². The second kappa shape index (κ2) is 8.38. The first-order valence-corrected chi connectivity index (χ1v) is 8.73. The van der Waals surface area contributed by atoms with Crippen molar-refractivity contribution in [3.63, 3.8) is 0 Å². The van der Waals surface area contributed by atoms with Crippen LogP contribution in [-0.2, 0) is 9.53 Å². The number of nitrogens with zero attached hydrogens (tertiary/aromatic N) is 1. The summed E-state index contributed by atoms with van der Waals surface area (Å²) in [5.41, 5.74) is 3.09. The molecular formula is C20H23N3O3. The van der Waals surface area contributed by atoms with E-state index in [-0.39, 0.29) is 12.5 Å². The summed E-state index contributed by atoms with van der Waals surface area (Å²) in [5.74, 6) is -0.557. The van der Waals surface area contributed by atoms with Gasteiger partial charge in [-0.05, 0) is 55.3 Å². The number of methoxy groups -OCH3 is 1. The fourth-order valence-corrected chi connectivity index (χ4v) is 2.99. The van der Waals surface area contributed by atoms with Crippen molar-refractivity contribution in [3.8, 4) is 0 Å². The van der Waals surface area contributed by atoms with Gasteiger partial charge < -0.3 is 20.3 Å². The Balaban J connectivity index is 1.52. The largest absolute Gasteiger partial charge is 0.465 e. The molecule has 1 aliphatic heterocycles. The molecule has 26 heavy (non-hydrogen) atoms. The van der Waals surface area contributed by atoms with E-state index in [4.69, 9.17) is 4.74 Å². The number of rotatable bonds is 6. The van der Waals surface area contributed by atoms with Crippen molar-refractivity contribution >= 4 is 28.9 Å². The van der Waals surface area contributed by atoms with Crippen LogP contribution < -0.4 is 15.5 Å². The maximum absolute atomic E-state index is 12.1. The molecule has 0 spiro atoms. The molecule has 2 aromatic rings. The van der Waals surface area contributed by atoms with Crippen LogP contribution in [0.15, 0.2) is 48.5 Å². The second-order valence-corrected chi connectivity index (χ2v) is 6.22. The van der Waals surface area contributed by atoms with Crippen LogP contribution in [0, 0.1) is 0 Å². The van der Waals surface area contributed by atoms with Gasteiger partial charge in [-0.3, -0.25) is 4.79 Å². The predicted molar refractivity (Wildman–Crippen MR) is 103 cm³/mol. The topological polar surface area (TPSA) is 70.7 Å². The number of ether oxygens (including phenoxy) is 1. The molecule has 1 fully saturated rings. The van der Waals surface area contributed by atoms with Crippen molar-refractivity contribution in [2.45, 2.75) is 12.8 Å². The van der Waals surface area contributed by atoms with Gasteiger partial charge in [-0.25, -0.2) is 4.79 Å². The Bertz CT molecular complexity index is 768. The van der Waals surface area contributed by atoms with E-state index in [0.717, 1.165) is 18.8 Å². The van der Waals surface area contributed by atoms with Gasteiger partial charge in [0.1, 0.15) is 0 Å². The third kappa shape index (κ3) is 4.53. The monoisotopic (exact) mass is 353 g/mol. The zero-order valence-corrected chi connectivity index (χ0v) is 14.8. The summed E-state index contributed by atoms with van der Waals surface area (Å²) in [7, 11) is 1.34. The number of anilines is 3. The molecule has 0 aromatic heterocycles. The molecule has 1 saturated heterocycles. The lowest BCUT2D eigenvalue weighted by Crippen LogP contribution is -2.22. The van der Waals surface area contributed by atoms with Gasteiger partial charge in [0.25, 0.3) is 0 Å². The quantitative estimate of drug-likeness (QED) is 0.781. The van der Waals surface area contributed by atoms with E-state index in [9.17, 15) is 9.59 Å². The molecule has 1 heterocycles. The van der Waals surface area contributed by atoms with Crippen LogP contribution in [0.2, 0.25) is 0 Å². The number of amides is 1. The zero-order valence-electron chi connectivity index (χ0n) is 14.8. The van der Waals surface area contributed by atoms with Crippen molar-refractivity contribution in [1.82, 2.24) is 0 Å². The Hall–Kier alpha value is -3.02. The van der Waals surface area contributed by atoms with Gasteiger partial charge in [-0.15, -0.1) is 0 Å². The fourth-order valence-electron chi connectivity index (χ4n) is 2.99. The molecule has 0 unspecified atom stereocenters. The van der Waals surface area contributed by atoms with Crippen molar-refractivity contribution < 1.29 is 14.3 Å². The Morgan fingerprint density at radius 1 is 1.04 bits per heavy atom. The number of hydrogen-bond donors (Lipinski definition) is 2. The van der Waals surface area contributed by atoms with Crippen molar-refractivity contribution in [3.05, 3.63) is 54.1 Å². The van der Waals surface area contributed by atoms with Crippen LogP contribution in [-0.4, -0.2) is 38.6 Å². The van der Waals surface area contributed by atoms with Crippen molar-refractivity contribution in [1.29, 1.82) is 0 Å². The van der Waals surface area contributed by atoms with Gasteiger partial charge in [0.05, 0.1) is 19.2 Å². The molecule has 1 aliphatic rings. The molecule has 6 nitrogen and oxygen atoms in total. The van der Waals surface area contributed by atoms with Crippen LogP contribution in [0.5, 0.6) is 0 Å². The van der Waals surface area contributed by atoms with Gasteiger partial charge >= 0.3 is 5.97 Å². The van der Waals surface area contributed by atoms with Crippen molar-refractivity contribution in [2.75, 3.05) is 42.3 Å². The molecule has 1 amide bonds. The SMILES string of the molecule is COC(=O)c1cccc(NCC(=O)Nc2ccc(N3CCCC3)cc2)c1. The minimum absolute atomic E-state index is 0.110. The highest BCUT2D eigenvalue weighted by molar-refractivity contribution is 5.94. The average molecular weight is 353 g/mol. The summed E-state index contributed by atoms with van der Waals surface area (Å²) in [4.78, 5) is 26.0. The summed E-state index contributed by atoms with van der Waals surface area (Å²) >= 11 is 0. The van der Waals surface area contributed by atoms with Gasteiger partial charge in [0.2, 0.25) is 5.91 Å². The highest BCUT2D eigenvalue weighted by Gasteiger charge is 2.12. The highest BCUT2D eigenvalue weighted by Crippen LogP contribution is 2.22. The van der Waals surface area contributed by atoms with Gasteiger partial charge in [0, 0.05) is 30.2 Å². The van der Waals surface area contributed by atoms with E-state index in [0.29, 0.717) is 11.3 Å². The smallest absolute Gasteiger partial charge is 0.337 e. The molecule has 0 atom stereocenters. The maximum Gasteiger partial charge on any atom is 0.337 e. The molecule has 6 heteroatoms. The summed E-state index contributed by atoms with van der Waals surface area (Å²) in [6.07, 6.45) is 2.47. The van der Waals surface area contributed by atoms with Gasteiger partial charge in [-0.1, -0.05) is 6.07 Å². The molecule has 0 aliphatic carbocycles. The van der Waals surface area contributed by atoms with Gasteiger partial charge in [0.15, 0.2) is 0 Å². The van der Waals surface area contributed by atoms with Crippen LogP contribution >= 0.6 is 0 Å². The first kappa shape index (κ1) is 17.8. The lowest BCUT2D eigenvalue weighted by Gasteiger charge is -2.17. The lowest BCUT2D eigenvalue weighted by molar-refractivity contribution is -0.114. The maximum atomic E-state index is 12.1. The minimum atomic E-state index is -0.406.